The molecule has 0 saturated heterocycles. The zero-order chi connectivity index (χ0) is 95.1. The average molecular weight is 1870 g/mol. The van der Waals surface area contributed by atoms with Gasteiger partial charge < -0.3 is 33.8 Å². The lowest BCUT2D eigenvalue weighted by molar-refractivity contribution is 0.669. The van der Waals surface area contributed by atoms with Crippen LogP contribution in [0.15, 0.2) is 575 Å². The maximum Gasteiger partial charge on any atom is 0.135 e. The number of benzene rings is 23. The Kier molecular flexibility index (Phi) is 24.2. The lowest BCUT2D eigenvalue weighted by Crippen LogP contribution is -2.13. The van der Waals surface area contributed by atoms with Crippen molar-refractivity contribution in [3.8, 4) is 33.4 Å². The van der Waals surface area contributed by atoms with E-state index in [0.29, 0.717) is 0 Å². The molecule has 143 heavy (non-hydrogen) atoms. The first kappa shape index (κ1) is 87.4. The van der Waals surface area contributed by atoms with E-state index in [4.69, 9.17) is 4.42 Å². The summed E-state index contributed by atoms with van der Waals surface area (Å²) in [6.07, 6.45) is 0. The highest BCUT2D eigenvalue weighted by Crippen LogP contribution is 2.52. The number of rotatable bonds is 21. The summed E-state index contributed by atoms with van der Waals surface area (Å²) in [4.78, 5) is 14.1. The maximum absolute atomic E-state index is 6.22. The summed E-state index contributed by atoms with van der Waals surface area (Å²) in [5.74, 6) is 0. The fourth-order valence-corrected chi connectivity index (χ4v) is 22.1. The molecule has 3 aromatic heterocycles. The smallest absolute Gasteiger partial charge is 0.135 e. The van der Waals surface area contributed by atoms with Crippen LogP contribution in [0.2, 0.25) is 0 Å². The van der Waals surface area contributed by atoms with E-state index >= 15 is 0 Å². The number of hydrogen-bond acceptors (Lipinski definition) is 9. The zero-order valence-electron chi connectivity index (χ0n) is 78.2. The summed E-state index contributed by atoms with van der Waals surface area (Å²) < 4.78 is 11.4. The molecule has 678 valence electrons. The molecular formula is C134H94N6OS2. The summed E-state index contributed by atoms with van der Waals surface area (Å²) in [5, 5.41) is 12.3. The topological polar surface area (TPSA) is 32.6 Å². The molecule has 0 amide bonds. The second-order valence-electron chi connectivity index (χ2n) is 35.5. The van der Waals surface area contributed by atoms with E-state index in [1.54, 1.807) is 0 Å². The lowest BCUT2D eigenvalue weighted by Gasteiger charge is -2.31. The largest absolute Gasteiger partial charge is 0.456 e. The molecule has 7 nitrogen and oxygen atoms in total. The monoisotopic (exact) mass is 1870 g/mol. The molecular weight excluding hydrogens is 1770 g/mol. The summed E-state index contributed by atoms with van der Waals surface area (Å²) >= 11 is 3.71. The van der Waals surface area contributed by atoms with Gasteiger partial charge in [0.05, 0.1) is 11.4 Å². The van der Waals surface area contributed by atoms with Gasteiger partial charge in [0.25, 0.3) is 0 Å². The van der Waals surface area contributed by atoms with Crippen LogP contribution in [0.5, 0.6) is 0 Å². The van der Waals surface area contributed by atoms with Crippen molar-refractivity contribution >= 4 is 209 Å². The second-order valence-corrected chi connectivity index (χ2v) is 37.7. The van der Waals surface area contributed by atoms with E-state index in [1.807, 2.05) is 34.8 Å². The van der Waals surface area contributed by atoms with Crippen molar-refractivity contribution in [1.29, 1.82) is 0 Å². The van der Waals surface area contributed by atoms with Crippen LogP contribution in [0.25, 0.3) is 117 Å². The molecule has 0 aliphatic rings. The molecule has 0 fully saturated rings. The normalized spacial score (nSPS) is 11.2. The van der Waals surface area contributed by atoms with Crippen molar-refractivity contribution in [2.24, 2.45) is 0 Å². The molecule has 26 aromatic rings. The van der Waals surface area contributed by atoms with E-state index in [-0.39, 0.29) is 0 Å². The fourth-order valence-electron chi connectivity index (χ4n) is 19.9. The molecule has 0 bridgehead atoms. The Balaban J connectivity index is 0.000000116. The molecule has 0 N–H and O–H groups in total. The van der Waals surface area contributed by atoms with Crippen molar-refractivity contribution in [1.82, 2.24) is 0 Å². The number of anilines is 18. The molecule has 0 spiro atoms. The molecule has 23 aromatic carbocycles. The number of fused-ring (bicyclic) bond motifs is 11. The standard InChI is InChI=1S/C50H34N2S.C42H30N2O.C42H30N2S/c1-3-17-40(18-4-1)51(42-26-23-35-13-7-9-15-37(35)31-42)44-28-29-48(46(34-44)39-25-30-50-47(33-39)45-21-11-12-22-49(45)53-50)52(41-19-5-2-6-20-41)43-27-24-36-14-8-10-16-38(36)32-43;1-5-15-32(16-6-1)43(33-17-7-2-8-18-33)36-26-27-40(44(34-19-9-3-10-20-34)35-21-11-4-12-22-35)38(30-36)31-25-28-42-39(29-31)37-23-13-14-24-41(37)45-42;1-5-15-33(16-6-1)43(34-17-7-2-8-18-34)37-27-32(31-25-26-42-40(29-31)39-23-13-14-24-41(39)45-42)28-38(30-37)44(35-19-9-3-10-20-35)36-21-11-4-12-22-36/h1-34H;2*1-30H. The Labute approximate surface area is 840 Å². The minimum absolute atomic E-state index is 0.885. The van der Waals surface area contributed by atoms with Gasteiger partial charge in [-0.2, -0.15) is 0 Å². The highest BCUT2D eigenvalue weighted by Gasteiger charge is 2.27. The molecule has 0 saturated carbocycles. The zero-order valence-corrected chi connectivity index (χ0v) is 79.8. The third-order valence-corrected chi connectivity index (χ3v) is 28.9. The van der Waals surface area contributed by atoms with Gasteiger partial charge in [-0.1, -0.05) is 315 Å². The Bertz CT molecular complexity index is 8730. The summed E-state index contributed by atoms with van der Waals surface area (Å²) in [7, 11) is 0. The minimum Gasteiger partial charge on any atom is -0.456 e. The second kappa shape index (κ2) is 39.6. The van der Waals surface area contributed by atoms with Crippen molar-refractivity contribution < 1.29 is 4.42 Å². The van der Waals surface area contributed by atoms with Crippen molar-refractivity contribution in [3.63, 3.8) is 0 Å². The van der Waals surface area contributed by atoms with E-state index in [9.17, 15) is 0 Å². The lowest BCUT2D eigenvalue weighted by atomic mass is 9.98. The van der Waals surface area contributed by atoms with Crippen LogP contribution in [0, 0.1) is 0 Å². The third-order valence-electron chi connectivity index (χ3n) is 26.6. The predicted octanol–water partition coefficient (Wildman–Crippen LogP) is 39.8. The average Bonchev–Trinajstić information content (AvgIpc) is 1.75. The molecule has 0 aliphatic carbocycles. The van der Waals surface area contributed by atoms with Crippen LogP contribution < -0.4 is 29.4 Å². The van der Waals surface area contributed by atoms with Gasteiger partial charge in [0.15, 0.2) is 0 Å². The quantitative estimate of drug-likeness (QED) is 0.0709. The molecule has 0 unspecified atom stereocenters. The first-order valence-electron chi connectivity index (χ1n) is 48.4. The molecule has 9 heteroatoms. The Morgan fingerprint density at radius 3 is 0.797 bits per heavy atom. The van der Waals surface area contributed by atoms with Gasteiger partial charge in [0.1, 0.15) is 11.2 Å². The predicted molar refractivity (Wildman–Crippen MR) is 612 cm³/mol. The Hall–Kier alpha value is -18.4. The van der Waals surface area contributed by atoms with Crippen molar-refractivity contribution in [3.05, 3.63) is 570 Å². The van der Waals surface area contributed by atoms with E-state index < -0.39 is 0 Å². The van der Waals surface area contributed by atoms with Gasteiger partial charge in [-0.15, -0.1) is 22.7 Å². The van der Waals surface area contributed by atoms with Gasteiger partial charge in [-0.25, -0.2) is 0 Å². The summed E-state index contributed by atoms with van der Waals surface area (Å²) in [6, 6.07) is 204. The minimum atomic E-state index is 0.885. The number of para-hydroxylation sites is 11. The first-order valence-corrected chi connectivity index (χ1v) is 50.0. The number of furan rings is 1. The molecule has 0 radical (unpaired) electrons. The summed E-state index contributed by atoms with van der Waals surface area (Å²) in [5.41, 5.74) is 28.5. The van der Waals surface area contributed by atoms with Gasteiger partial charge >= 0.3 is 0 Å². The first-order chi connectivity index (χ1) is 70.9. The number of nitrogens with zero attached hydrogens (tertiary/aromatic N) is 6. The molecule has 0 aliphatic heterocycles. The van der Waals surface area contributed by atoms with Gasteiger partial charge in [-0.3, -0.25) is 0 Å². The third kappa shape index (κ3) is 17.9. The highest BCUT2D eigenvalue weighted by atomic mass is 32.1. The van der Waals surface area contributed by atoms with Gasteiger partial charge in [0.2, 0.25) is 0 Å². The Morgan fingerprint density at radius 2 is 0.399 bits per heavy atom. The van der Waals surface area contributed by atoms with Gasteiger partial charge in [0, 0.05) is 153 Å². The van der Waals surface area contributed by atoms with Gasteiger partial charge in [-0.05, 0) is 299 Å². The van der Waals surface area contributed by atoms with Crippen molar-refractivity contribution in [2.75, 3.05) is 29.4 Å². The number of hydrogen-bond donors (Lipinski definition) is 0. The van der Waals surface area contributed by atoms with Crippen LogP contribution in [-0.4, -0.2) is 0 Å². The SMILES string of the molecule is c1ccc(N(c2ccc(N(c3ccccc3)c3ccc4ccccc4c3)c(-c3ccc4sc5ccccc5c4c3)c2)c2ccc3ccccc3c2)cc1.c1ccc(N(c2ccccc2)c2cc(-c3ccc4sc5ccccc5c4c3)cc(N(c3ccccc3)c3ccccc3)c2)cc1.c1ccc(N(c2ccccc2)c2ccc(N(c3ccccc3)c3ccccc3)c(-c3ccc4oc5ccccc5c4c3)c2)cc1. The van der Waals surface area contributed by atoms with Crippen LogP contribution in [-0.2, 0) is 0 Å². The van der Waals surface area contributed by atoms with Crippen molar-refractivity contribution in [2.45, 2.75) is 0 Å². The fraction of sp³-hybridized carbons (Fsp3) is 0. The van der Waals surface area contributed by atoms with E-state index in [2.05, 4.69) is 588 Å². The van der Waals surface area contributed by atoms with Crippen LogP contribution in [0.3, 0.4) is 0 Å². The van der Waals surface area contributed by atoms with E-state index in [1.165, 1.54) is 73.0 Å². The molecule has 3 heterocycles. The Morgan fingerprint density at radius 1 is 0.133 bits per heavy atom. The molecule has 0 atom stereocenters. The maximum atomic E-state index is 6.22. The number of thiophene rings is 2. The summed E-state index contributed by atoms with van der Waals surface area (Å²) in [6.45, 7) is 0. The van der Waals surface area contributed by atoms with Crippen LogP contribution in [0.4, 0.5) is 102 Å². The van der Waals surface area contributed by atoms with Crippen LogP contribution in [0.1, 0.15) is 0 Å². The molecule has 26 rings (SSSR count). The highest BCUT2D eigenvalue weighted by molar-refractivity contribution is 7.26. The van der Waals surface area contributed by atoms with Crippen LogP contribution >= 0.6 is 22.7 Å². The van der Waals surface area contributed by atoms with E-state index in [0.717, 1.165) is 147 Å².